The maximum Gasteiger partial charge on any atom is 0.263 e. The summed E-state index contributed by atoms with van der Waals surface area (Å²) in [6, 6.07) is 42.8. The first-order valence-corrected chi connectivity index (χ1v) is 12.9. The van der Waals surface area contributed by atoms with E-state index in [0.29, 0.717) is 11.2 Å². The fraction of sp³-hybridized carbons (Fsp3) is 0. The highest BCUT2D eigenvalue weighted by Crippen LogP contribution is 2.32. The third kappa shape index (κ3) is 4.09. The van der Waals surface area contributed by atoms with E-state index in [0.717, 1.165) is 49.8 Å². The molecule has 4 nitrogen and oxygen atoms in total. The van der Waals surface area contributed by atoms with E-state index in [1.54, 1.807) is 18.5 Å². The van der Waals surface area contributed by atoms with Gasteiger partial charge in [0.1, 0.15) is 0 Å². The van der Waals surface area contributed by atoms with Crippen molar-refractivity contribution in [1.29, 1.82) is 0 Å². The molecule has 5 aromatic carbocycles. The normalized spacial score (nSPS) is 11.2. The summed E-state index contributed by atoms with van der Waals surface area (Å²) in [5.74, 6) is 0.593. The van der Waals surface area contributed by atoms with Gasteiger partial charge in [-0.05, 0) is 64.0 Å². The third-order valence-corrected chi connectivity index (χ3v) is 7.14. The lowest BCUT2D eigenvalue weighted by atomic mass is 9.98. The maximum atomic E-state index is 14.2. The van der Waals surface area contributed by atoms with E-state index in [4.69, 9.17) is 0 Å². The Hall–Kier alpha value is -5.35. The predicted octanol–water partition coefficient (Wildman–Crippen LogP) is 7.93. The summed E-state index contributed by atoms with van der Waals surface area (Å²) in [5, 5.41) is 2.55. The van der Waals surface area contributed by atoms with E-state index in [1.807, 2.05) is 71.3 Å². The minimum atomic E-state index is -0.0739. The van der Waals surface area contributed by atoms with Crippen molar-refractivity contribution in [1.82, 2.24) is 14.5 Å². The summed E-state index contributed by atoms with van der Waals surface area (Å²) in [4.78, 5) is 23.0. The summed E-state index contributed by atoms with van der Waals surface area (Å²) >= 11 is 0. The van der Waals surface area contributed by atoms with E-state index >= 15 is 0 Å². The van der Waals surface area contributed by atoms with Gasteiger partial charge in [0.15, 0.2) is 5.82 Å². The van der Waals surface area contributed by atoms with E-state index in [-0.39, 0.29) is 5.56 Å². The molecule has 4 heteroatoms. The Labute approximate surface area is 225 Å². The third-order valence-electron chi connectivity index (χ3n) is 7.14. The van der Waals surface area contributed by atoms with Crippen LogP contribution < -0.4 is 5.56 Å². The van der Waals surface area contributed by atoms with Gasteiger partial charge in [-0.15, -0.1) is 0 Å². The summed E-state index contributed by atoms with van der Waals surface area (Å²) in [6.07, 6.45) is 3.43. The number of pyridine rings is 1. The van der Waals surface area contributed by atoms with Gasteiger partial charge in [-0.2, -0.15) is 0 Å². The van der Waals surface area contributed by atoms with Crippen LogP contribution in [0, 0.1) is 0 Å². The number of rotatable bonds is 4. The SMILES string of the molecule is O=c1c2cc(-c3ncccn3)ccc2c2cc(-c3ccccc3)ccc2n1-c1ccc(-c2ccccc2)cc1. The Morgan fingerprint density at radius 1 is 0.462 bits per heavy atom. The molecule has 2 aromatic heterocycles. The van der Waals surface area contributed by atoms with Gasteiger partial charge in [-0.3, -0.25) is 9.36 Å². The molecular formula is C35H23N3O. The van der Waals surface area contributed by atoms with Crippen LogP contribution in [0.1, 0.15) is 0 Å². The second kappa shape index (κ2) is 9.51. The summed E-state index contributed by atoms with van der Waals surface area (Å²) in [7, 11) is 0. The minimum Gasteiger partial charge on any atom is -0.276 e. The van der Waals surface area contributed by atoms with E-state index in [9.17, 15) is 4.79 Å². The van der Waals surface area contributed by atoms with Gasteiger partial charge in [-0.1, -0.05) is 91.0 Å². The second-order valence-electron chi connectivity index (χ2n) is 9.48. The standard InChI is InChI=1S/C35H23N3O/c39-35-32-23-28(34-36-20-7-21-37-34)14-18-30(32)31-22-27(25-10-5-2-6-11-25)15-19-33(31)38(35)29-16-12-26(13-17-29)24-8-3-1-4-9-24/h1-23H. The highest BCUT2D eigenvalue weighted by atomic mass is 16.1. The Morgan fingerprint density at radius 2 is 1.03 bits per heavy atom. The molecule has 0 amide bonds. The summed E-state index contributed by atoms with van der Waals surface area (Å²) < 4.78 is 1.82. The lowest BCUT2D eigenvalue weighted by Crippen LogP contribution is -2.19. The van der Waals surface area contributed by atoms with Crippen molar-refractivity contribution >= 4 is 21.7 Å². The summed E-state index contributed by atoms with van der Waals surface area (Å²) in [6.45, 7) is 0. The van der Waals surface area contributed by atoms with Crippen molar-refractivity contribution in [2.75, 3.05) is 0 Å². The van der Waals surface area contributed by atoms with Gasteiger partial charge in [0.05, 0.1) is 5.52 Å². The van der Waals surface area contributed by atoms with Crippen molar-refractivity contribution in [3.05, 3.63) is 150 Å². The van der Waals surface area contributed by atoms with Crippen LogP contribution in [0.2, 0.25) is 0 Å². The van der Waals surface area contributed by atoms with Crippen LogP contribution in [0.15, 0.2) is 145 Å². The van der Waals surface area contributed by atoms with Crippen molar-refractivity contribution in [2.24, 2.45) is 0 Å². The van der Waals surface area contributed by atoms with E-state index < -0.39 is 0 Å². The number of aromatic nitrogens is 3. The molecule has 0 N–H and O–H groups in total. The molecule has 0 bridgehead atoms. The monoisotopic (exact) mass is 501 g/mol. The van der Waals surface area contributed by atoms with Crippen LogP contribution in [0.5, 0.6) is 0 Å². The second-order valence-corrected chi connectivity index (χ2v) is 9.48. The molecule has 7 rings (SSSR count). The zero-order valence-corrected chi connectivity index (χ0v) is 21.0. The van der Waals surface area contributed by atoms with Crippen molar-refractivity contribution in [3.8, 4) is 39.3 Å². The topological polar surface area (TPSA) is 47.8 Å². The lowest BCUT2D eigenvalue weighted by Gasteiger charge is -2.16. The van der Waals surface area contributed by atoms with Crippen LogP contribution in [-0.2, 0) is 0 Å². The highest BCUT2D eigenvalue weighted by Gasteiger charge is 2.15. The molecule has 0 saturated carbocycles. The number of benzene rings is 5. The molecule has 0 saturated heterocycles. The van der Waals surface area contributed by atoms with Crippen molar-refractivity contribution < 1.29 is 0 Å². The fourth-order valence-corrected chi connectivity index (χ4v) is 5.22. The Kier molecular flexibility index (Phi) is 5.56. The number of hydrogen-bond donors (Lipinski definition) is 0. The van der Waals surface area contributed by atoms with Crippen molar-refractivity contribution in [3.63, 3.8) is 0 Å². The number of hydrogen-bond acceptors (Lipinski definition) is 3. The van der Waals surface area contributed by atoms with Crippen LogP contribution in [0.25, 0.3) is 61.0 Å². The Morgan fingerprint density at radius 3 is 1.72 bits per heavy atom. The predicted molar refractivity (Wildman–Crippen MR) is 159 cm³/mol. The van der Waals surface area contributed by atoms with E-state index in [2.05, 4.69) is 64.6 Å². The maximum absolute atomic E-state index is 14.2. The van der Waals surface area contributed by atoms with Gasteiger partial charge < -0.3 is 0 Å². The number of nitrogens with zero attached hydrogens (tertiary/aromatic N) is 3. The molecule has 0 aliphatic carbocycles. The minimum absolute atomic E-state index is 0.0739. The molecule has 7 aromatic rings. The molecule has 0 atom stereocenters. The average Bonchev–Trinajstić information content (AvgIpc) is 3.02. The first kappa shape index (κ1) is 22.8. The summed E-state index contributed by atoms with van der Waals surface area (Å²) in [5.41, 5.74) is 6.90. The largest absolute Gasteiger partial charge is 0.276 e. The molecule has 0 fully saturated rings. The van der Waals surface area contributed by atoms with Gasteiger partial charge in [-0.25, -0.2) is 9.97 Å². The highest BCUT2D eigenvalue weighted by molar-refractivity contribution is 6.08. The first-order valence-electron chi connectivity index (χ1n) is 12.9. The molecule has 184 valence electrons. The fourth-order valence-electron chi connectivity index (χ4n) is 5.22. The quantitative estimate of drug-likeness (QED) is 0.230. The van der Waals surface area contributed by atoms with Gasteiger partial charge in [0.25, 0.3) is 5.56 Å². The Balaban J connectivity index is 1.49. The lowest BCUT2D eigenvalue weighted by molar-refractivity contribution is 1.06. The molecule has 0 aliphatic heterocycles. The molecule has 0 spiro atoms. The zero-order valence-electron chi connectivity index (χ0n) is 21.0. The van der Waals surface area contributed by atoms with Crippen LogP contribution in [0.4, 0.5) is 0 Å². The van der Waals surface area contributed by atoms with Crippen LogP contribution in [-0.4, -0.2) is 14.5 Å². The molecular weight excluding hydrogens is 478 g/mol. The molecule has 2 heterocycles. The van der Waals surface area contributed by atoms with Gasteiger partial charge in [0.2, 0.25) is 0 Å². The van der Waals surface area contributed by atoms with Crippen LogP contribution in [0.3, 0.4) is 0 Å². The molecule has 0 unspecified atom stereocenters. The van der Waals surface area contributed by atoms with Gasteiger partial charge >= 0.3 is 0 Å². The molecule has 39 heavy (non-hydrogen) atoms. The smallest absolute Gasteiger partial charge is 0.263 e. The van der Waals surface area contributed by atoms with Gasteiger partial charge in [0, 0.05) is 34.4 Å². The Bertz CT molecular complexity index is 2000. The number of fused-ring (bicyclic) bond motifs is 3. The zero-order chi connectivity index (χ0) is 26.2. The molecule has 0 radical (unpaired) electrons. The first-order chi connectivity index (χ1) is 19.3. The molecule has 0 aliphatic rings. The average molecular weight is 502 g/mol. The van der Waals surface area contributed by atoms with Crippen molar-refractivity contribution in [2.45, 2.75) is 0 Å². The van der Waals surface area contributed by atoms with E-state index in [1.165, 1.54) is 0 Å². The van der Waals surface area contributed by atoms with Crippen LogP contribution >= 0.6 is 0 Å².